The van der Waals surface area contributed by atoms with Crippen LogP contribution in [-0.4, -0.2) is 10.9 Å². The molecular weight excluding hydrogens is 324 g/mol. The lowest BCUT2D eigenvalue weighted by Gasteiger charge is -2.39. The van der Waals surface area contributed by atoms with Crippen molar-refractivity contribution >= 4 is 44.7 Å². The lowest BCUT2D eigenvalue weighted by molar-refractivity contribution is -0.125. The zero-order valence-electron chi connectivity index (χ0n) is 11.0. The maximum absolute atomic E-state index is 12.4. The van der Waals surface area contributed by atoms with Gasteiger partial charge in [0.25, 0.3) is 0 Å². The van der Waals surface area contributed by atoms with E-state index in [1.807, 2.05) is 26.0 Å². The molecule has 102 valence electrons. The number of thiocarbonyl (C=S) groups is 1. The molecule has 3 N–H and O–H groups in total. The van der Waals surface area contributed by atoms with Gasteiger partial charge in [0.05, 0.1) is 16.1 Å². The topological polar surface area (TPSA) is 55.1 Å². The zero-order valence-corrected chi connectivity index (χ0v) is 13.5. The molecule has 0 atom stereocenters. The van der Waals surface area contributed by atoms with Crippen molar-refractivity contribution in [3.63, 3.8) is 0 Å². The SMILES string of the molecule is Cc1cc(C)c(NC(=O)C2(C(N)=S)CCC2)c(Br)c1. The number of anilines is 1. The van der Waals surface area contributed by atoms with Crippen LogP contribution >= 0.6 is 28.1 Å². The lowest BCUT2D eigenvalue weighted by Crippen LogP contribution is -2.50. The number of benzene rings is 1. The Morgan fingerprint density at radius 3 is 2.47 bits per heavy atom. The van der Waals surface area contributed by atoms with E-state index in [-0.39, 0.29) is 5.91 Å². The number of nitrogens with two attached hydrogens (primary N) is 1. The molecule has 0 radical (unpaired) electrons. The smallest absolute Gasteiger partial charge is 0.237 e. The number of rotatable bonds is 3. The molecule has 0 saturated heterocycles. The van der Waals surface area contributed by atoms with Gasteiger partial charge in [-0.25, -0.2) is 0 Å². The van der Waals surface area contributed by atoms with E-state index in [0.717, 1.165) is 40.5 Å². The van der Waals surface area contributed by atoms with E-state index in [1.165, 1.54) is 0 Å². The second-order valence-corrected chi connectivity index (χ2v) is 6.49. The van der Waals surface area contributed by atoms with E-state index >= 15 is 0 Å². The third-order valence-corrected chi connectivity index (χ3v) is 4.80. The fourth-order valence-electron chi connectivity index (χ4n) is 2.42. The fourth-order valence-corrected chi connectivity index (χ4v) is 3.49. The van der Waals surface area contributed by atoms with Crippen LogP contribution in [0.1, 0.15) is 30.4 Å². The Hall–Kier alpha value is -0.940. The number of hydrogen-bond acceptors (Lipinski definition) is 2. The minimum atomic E-state index is -0.647. The molecule has 0 heterocycles. The first kappa shape index (κ1) is 14.5. The first-order valence-electron chi connectivity index (χ1n) is 6.25. The number of nitrogens with one attached hydrogen (secondary N) is 1. The minimum Gasteiger partial charge on any atom is -0.392 e. The highest BCUT2D eigenvalue weighted by Crippen LogP contribution is 2.43. The van der Waals surface area contributed by atoms with E-state index in [0.29, 0.717) is 4.99 Å². The number of amides is 1. The van der Waals surface area contributed by atoms with Gasteiger partial charge in [-0.05, 0) is 59.8 Å². The lowest BCUT2D eigenvalue weighted by atomic mass is 9.68. The number of hydrogen-bond donors (Lipinski definition) is 2. The van der Waals surface area contributed by atoms with Crippen molar-refractivity contribution < 1.29 is 4.79 Å². The standard InChI is InChI=1S/C14H17BrN2OS/c1-8-6-9(2)11(10(15)7-8)17-13(18)14(12(16)19)4-3-5-14/h6-7H,3-5H2,1-2H3,(H2,16,19)(H,17,18). The predicted molar refractivity (Wildman–Crippen MR) is 85.3 cm³/mol. The van der Waals surface area contributed by atoms with Crippen LogP contribution in [0.5, 0.6) is 0 Å². The molecule has 1 aliphatic carbocycles. The van der Waals surface area contributed by atoms with Gasteiger partial charge in [0, 0.05) is 4.47 Å². The summed E-state index contributed by atoms with van der Waals surface area (Å²) in [7, 11) is 0. The number of carbonyl (C=O) groups excluding carboxylic acids is 1. The van der Waals surface area contributed by atoms with Crippen molar-refractivity contribution in [1.82, 2.24) is 0 Å². The molecule has 1 aromatic rings. The molecule has 1 aromatic carbocycles. The summed E-state index contributed by atoms with van der Waals surface area (Å²) in [6, 6.07) is 4.02. The maximum atomic E-state index is 12.4. The first-order chi connectivity index (χ1) is 8.86. The van der Waals surface area contributed by atoms with Crippen LogP contribution in [0.25, 0.3) is 0 Å². The highest BCUT2D eigenvalue weighted by molar-refractivity contribution is 9.10. The molecule has 1 aliphatic rings. The van der Waals surface area contributed by atoms with Crippen LogP contribution in [0, 0.1) is 19.3 Å². The summed E-state index contributed by atoms with van der Waals surface area (Å²) in [5, 5.41) is 2.98. The van der Waals surface area contributed by atoms with Crippen LogP contribution in [0.3, 0.4) is 0 Å². The fraction of sp³-hybridized carbons (Fsp3) is 0.429. The second-order valence-electron chi connectivity index (χ2n) is 5.19. The minimum absolute atomic E-state index is 0.0843. The molecule has 0 unspecified atom stereocenters. The largest absolute Gasteiger partial charge is 0.392 e. The van der Waals surface area contributed by atoms with E-state index in [1.54, 1.807) is 0 Å². The Balaban J connectivity index is 2.27. The molecule has 0 bridgehead atoms. The highest BCUT2D eigenvalue weighted by Gasteiger charge is 2.47. The molecule has 3 nitrogen and oxygen atoms in total. The van der Waals surface area contributed by atoms with Crippen molar-refractivity contribution in [2.24, 2.45) is 11.1 Å². The Morgan fingerprint density at radius 1 is 1.42 bits per heavy atom. The summed E-state index contributed by atoms with van der Waals surface area (Å²) in [4.78, 5) is 12.8. The average molecular weight is 341 g/mol. The van der Waals surface area contributed by atoms with Crippen LogP contribution in [0.4, 0.5) is 5.69 Å². The van der Waals surface area contributed by atoms with Crippen LogP contribution < -0.4 is 11.1 Å². The molecule has 1 fully saturated rings. The molecule has 2 rings (SSSR count). The normalized spacial score (nSPS) is 16.6. The number of carbonyl (C=O) groups is 1. The van der Waals surface area contributed by atoms with Crippen LogP contribution in [-0.2, 0) is 4.79 Å². The first-order valence-corrected chi connectivity index (χ1v) is 7.45. The summed E-state index contributed by atoms with van der Waals surface area (Å²) >= 11 is 8.56. The van der Waals surface area contributed by atoms with E-state index in [4.69, 9.17) is 18.0 Å². The molecular formula is C14H17BrN2OS. The summed E-state index contributed by atoms with van der Waals surface area (Å²) in [5.74, 6) is -0.0843. The van der Waals surface area contributed by atoms with Gasteiger partial charge in [-0.1, -0.05) is 24.7 Å². The zero-order chi connectivity index (χ0) is 14.2. The summed E-state index contributed by atoms with van der Waals surface area (Å²) < 4.78 is 0.885. The Bertz CT molecular complexity index is 529. The van der Waals surface area contributed by atoms with Crippen molar-refractivity contribution in [1.29, 1.82) is 0 Å². The third-order valence-electron chi connectivity index (χ3n) is 3.78. The molecule has 0 aliphatic heterocycles. The van der Waals surface area contributed by atoms with Crippen LogP contribution in [0.2, 0.25) is 0 Å². The van der Waals surface area contributed by atoms with E-state index < -0.39 is 5.41 Å². The predicted octanol–water partition coefficient (Wildman–Crippen LogP) is 3.46. The molecule has 1 saturated carbocycles. The van der Waals surface area contributed by atoms with Gasteiger partial charge >= 0.3 is 0 Å². The molecule has 0 aromatic heterocycles. The maximum Gasteiger partial charge on any atom is 0.237 e. The quantitative estimate of drug-likeness (QED) is 0.828. The van der Waals surface area contributed by atoms with Crippen molar-refractivity contribution in [2.75, 3.05) is 5.32 Å². The Morgan fingerprint density at radius 2 is 2.05 bits per heavy atom. The molecule has 19 heavy (non-hydrogen) atoms. The molecule has 1 amide bonds. The van der Waals surface area contributed by atoms with Crippen molar-refractivity contribution in [3.8, 4) is 0 Å². The van der Waals surface area contributed by atoms with E-state index in [9.17, 15) is 4.79 Å². The monoisotopic (exact) mass is 340 g/mol. The summed E-state index contributed by atoms with van der Waals surface area (Å²) in [6.45, 7) is 3.99. The highest BCUT2D eigenvalue weighted by atomic mass is 79.9. The second kappa shape index (κ2) is 5.21. The van der Waals surface area contributed by atoms with Gasteiger partial charge in [0.15, 0.2) is 0 Å². The van der Waals surface area contributed by atoms with Crippen LogP contribution in [0.15, 0.2) is 16.6 Å². The average Bonchev–Trinajstić information content (AvgIpc) is 2.20. The van der Waals surface area contributed by atoms with Gasteiger partial charge in [-0.3, -0.25) is 4.79 Å². The molecule has 0 spiro atoms. The van der Waals surface area contributed by atoms with Gasteiger partial charge in [-0.15, -0.1) is 0 Å². The van der Waals surface area contributed by atoms with E-state index in [2.05, 4.69) is 21.2 Å². The van der Waals surface area contributed by atoms with Gasteiger partial charge in [-0.2, -0.15) is 0 Å². The van der Waals surface area contributed by atoms with Gasteiger partial charge in [0.2, 0.25) is 5.91 Å². The Kier molecular flexibility index (Phi) is 3.97. The van der Waals surface area contributed by atoms with Crippen molar-refractivity contribution in [2.45, 2.75) is 33.1 Å². The summed E-state index contributed by atoms with van der Waals surface area (Å²) in [6.07, 6.45) is 2.49. The number of halogens is 1. The van der Waals surface area contributed by atoms with Gasteiger partial charge in [0.1, 0.15) is 0 Å². The third kappa shape index (κ3) is 2.54. The summed E-state index contributed by atoms with van der Waals surface area (Å²) in [5.41, 5.74) is 8.08. The molecule has 5 heteroatoms. The van der Waals surface area contributed by atoms with Gasteiger partial charge < -0.3 is 11.1 Å². The number of aryl methyl sites for hydroxylation is 2. The van der Waals surface area contributed by atoms with Crippen molar-refractivity contribution in [3.05, 3.63) is 27.7 Å². The Labute approximate surface area is 127 Å².